The summed E-state index contributed by atoms with van der Waals surface area (Å²) in [7, 11) is 0. The zero-order chi connectivity index (χ0) is 7.56. The van der Waals surface area contributed by atoms with Crippen LogP contribution in [0.25, 0.3) is 0 Å². The summed E-state index contributed by atoms with van der Waals surface area (Å²) in [5, 5.41) is 0. The summed E-state index contributed by atoms with van der Waals surface area (Å²) in [5.41, 5.74) is 7.00. The van der Waals surface area contributed by atoms with Crippen molar-refractivity contribution < 1.29 is 0 Å². The molecule has 0 spiro atoms. The van der Waals surface area contributed by atoms with Crippen molar-refractivity contribution in [1.82, 2.24) is 0 Å². The number of allylic oxidation sites excluding steroid dienone is 5. The predicted octanol–water partition coefficient (Wildman–Crippen LogP) is 2.99. The predicted molar refractivity (Wildman–Crippen MR) is 44.8 cm³/mol. The fourth-order valence-corrected chi connectivity index (χ4v) is 0.910. The molecule has 52 valence electrons. The summed E-state index contributed by atoms with van der Waals surface area (Å²) in [5.74, 6) is 0. The molecule has 0 saturated carbocycles. The molecule has 1 rings (SSSR count). The van der Waals surface area contributed by atoms with Crippen molar-refractivity contribution in [2.24, 2.45) is 0 Å². The van der Waals surface area contributed by atoms with Crippen LogP contribution >= 0.6 is 0 Å². The van der Waals surface area contributed by atoms with Crippen LogP contribution in [0.2, 0.25) is 0 Å². The molecule has 1 aliphatic rings. The number of rotatable bonds is 0. The highest BCUT2D eigenvalue weighted by Gasteiger charge is 1.93. The van der Waals surface area contributed by atoms with Crippen molar-refractivity contribution in [2.45, 2.75) is 20.8 Å². The second kappa shape index (κ2) is 2.72. The third-order valence-corrected chi connectivity index (χ3v) is 1.70. The Morgan fingerprint density at radius 3 is 2.50 bits per heavy atom. The van der Waals surface area contributed by atoms with Crippen LogP contribution in [-0.2, 0) is 0 Å². The molecule has 0 saturated heterocycles. The van der Waals surface area contributed by atoms with Gasteiger partial charge in [-0.05, 0) is 49.6 Å². The SMILES string of the molecule is CC1=C=CC=C(C)C(C)=C1. The van der Waals surface area contributed by atoms with Crippen LogP contribution in [0.1, 0.15) is 20.8 Å². The molecule has 0 aromatic rings. The largest absolute Gasteiger partial charge is 0.118 e. The van der Waals surface area contributed by atoms with E-state index in [1.165, 1.54) is 16.7 Å². The third kappa shape index (κ3) is 1.49. The van der Waals surface area contributed by atoms with Crippen molar-refractivity contribution in [2.75, 3.05) is 0 Å². The van der Waals surface area contributed by atoms with Gasteiger partial charge < -0.3 is 0 Å². The van der Waals surface area contributed by atoms with Gasteiger partial charge in [0, 0.05) is 0 Å². The van der Waals surface area contributed by atoms with Gasteiger partial charge in [0.25, 0.3) is 0 Å². The highest BCUT2D eigenvalue weighted by atomic mass is 14.0. The lowest BCUT2D eigenvalue weighted by atomic mass is 10.1. The minimum atomic E-state index is 1.20. The first kappa shape index (κ1) is 7.11. The smallest absolute Gasteiger partial charge is 0.00887 e. The molecule has 0 N–H and O–H groups in total. The van der Waals surface area contributed by atoms with E-state index >= 15 is 0 Å². The molecule has 0 bridgehead atoms. The zero-order valence-corrected chi connectivity index (χ0v) is 6.73. The monoisotopic (exact) mass is 132 g/mol. The topological polar surface area (TPSA) is 0 Å². The van der Waals surface area contributed by atoms with E-state index in [9.17, 15) is 0 Å². The molecule has 0 aliphatic heterocycles. The second-order valence-corrected chi connectivity index (χ2v) is 2.67. The Labute approximate surface area is 62.3 Å². The molecular weight excluding hydrogens is 120 g/mol. The van der Waals surface area contributed by atoms with Gasteiger partial charge in [-0.1, -0.05) is 6.08 Å². The molecule has 10 heavy (non-hydrogen) atoms. The van der Waals surface area contributed by atoms with E-state index in [0.29, 0.717) is 0 Å². The molecule has 0 heteroatoms. The van der Waals surface area contributed by atoms with Gasteiger partial charge in [0.2, 0.25) is 0 Å². The van der Waals surface area contributed by atoms with Crippen molar-refractivity contribution in [3.8, 4) is 0 Å². The lowest BCUT2D eigenvalue weighted by molar-refractivity contribution is 1.33. The van der Waals surface area contributed by atoms with Gasteiger partial charge in [-0.25, -0.2) is 0 Å². The van der Waals surface area contributed by atoms with Crippen molar-refractivity contribution in [3.05, 3.63) is 40.7 Å². The van der Waals surface area contributed by atoms with Crippen LogP contribution in [0.3, 0.4) is 0 Å². The summed E-state index contributed by atoms with van der Waals surface area (Å²) in [6.45, 7) is 6.30. The van der Waals surface area contributed by atoms with Crippen molar-refractivity contribution in [3.63, 3.8) is 0 Å². The molecule has 0 aromatic carbocycles. The molecule has 0 atom stereocenters. The molecule has 1 aliphatic carbocycles. The summed E-state index contributed by atoms with van der Waals surface area (Å²) in [6, 6.07) is 0. The normalized spacial score (nSPS) is 17.3. The molecule has 0 heterocycles. The highest BCUT2D eigenvalue weighted by Crippen LogP contribution is 2.13. The molecule has 0 amide bonds. The average Bonchev–Trinajstić information content (AvgIpc) is 1.96. The molecular formula is C10H12. The lowest BCUT2D eigenvalue weighted by Gasteiger charge is -1.96. The second-order valence-electron chi connectivity index (χ2n) is 2.67. The maximum absolute atomic E-state index is 3.14. The van der Waals surface area contributed by atoms with Crippen LogP contribution in [-0.4, -0.2) is 0 Å². The van der Waals surface area contributed by atoms with Gasteiger partial charge >= 0.3 is 0 Å². The first-order valence-corrected chi connectivity index (χ1v) is 3.49. The van der Waals surface area contributed by atoms with Gasteiger partial charge in [-0.15, -0.1) is 5.73 Å². The van der Waals surface area contributed by atoms with Gasteiger partial charge in [0.05, 0.1) is 0 Å². The van der Waals surface area contributed by atoms with Crippen LogP contribution in [0.15, 0.2) is 40.7 Å². The van der Waals surface area contributed by atoms with E-state index in [1.807, 2.05) is 6.08 Å². The molecule has 0 aromatic heterocycles. The Bertz CT molecular complexity index is 256. The molecule has 0 radical (unpaired) electrons. The standard InChI is InChI=1S/C10H12/c1-8-5-4-6-9(2)10(3)7-8/h4,6-7H,1-3H3. The quantitative estimate of drug-likeness (QED) is 0.444. The van der Waals surface area contributed by atoms with Gasteiger partial charge in [0.1, 0.15) is 0 Å². The number of hydrogen-bond donors (Lipinski definition) is 0. The Morgan fingerprint density at radius 2 is 1.80 bits per heavy atom. The lowest BCUT2D eigenvalue weighted by Crippen LogP contribution is -1.76. The maximum atomic E-state index is 3.14. The van der Waals surface area contributed by atoms with E-state index in [0.717, 1.165) is 0 Å². The van der Waals surface area contributed by atoms with Crippen LogP contribution < -0.4 is 0 Å². The van der Waals surface area contributed by atoms with Crippen molar-refractivity contribution in [1.29, 1.82) is 0 Å². The van der Waals surface area contributed by atoms with E-state index in [4.69, 9.17) is 0 Å². The maximum Gasteiger partial charge on any atom is -0.00887 e. The summed E-state index contributed by atoms with van der Waals surface area (Å²) < 4.78 is 0. The first-order valence-electron chi connectivity index (χ1n) is 3.49. The van der Waals surface area contributed by atoms with E-state index < -0.39 is 0 Å². The Balaban J connectivity index is 3.08. The Kier molecular flexibility index (Phi) is 1.94. The van der Waals surface area contributed by atoms with E-state index in [-0.39, 0.29) is 0 Å². The zero-order valence-electron chi connectivity index (χ0n) is 6.73. The minimum absolute atomic E-state index is 1.20. The van der Waals surface area contributed by atoms with Crippen molar-refractivity contribution >= 4 is 0 Å². The van der Waals surface area contributed by atoms with Gasteiger partial charge in [-0.2, -0.15) is 0 Å². The number of hydrogen-bond acceptors (Lipinski definition) is 0. The minimum Gasteiger partial charge on any atom is -0.118 e. The average molecular weight is 132 g/mol. The summed E-state index contributed by atoms with van der Waals surface area (Å²) in [4.78, 5) is 0. The van der Waals surface area contributed by atoms with Gasteiger partial charge in [-0.3, -0.25) is 0 Å². The molecule has 0 unspecified atom stereocenters. The highest BCUT2D eigenvalue weighted by molar-refractivity contribution is 5.38. The summed E-state index contributed by atoms with van der Waals surface area (Å²) >= 11 is 0. The first-order chi connectivity index (χ1) is 4.70. The Morgan fingerprint density at radius 1 is 1.10 bits per heavy atom. The van der Waals surface area contributed by atoms with Crippen LogP contribution in [0.5, 0.6) is 0 Å². The Hall–Kier alpha value is -1.00. The van der Waals surface area contributed by atoms with E-state index in [1.54, 1.807) is 0 Å². The summed E-state index contributed by atoms with van der Waals surface area (Å²) in [6.07, 6.45) is 6.20. The van der Waals surface area contributed by atoms with E-state index in [2.05, 4.69) is 38.7 Å². The van der Waals surface area contributed by atoms with Gasteiger partial charge in [0.15, 0.2) is 0 Å². The van der Waals surface area contributed by atoms with Crippen LogP contribution in [0, 0.1) is 0 Å². The molecule has 0 fully saturated rings. The molecule has 0 nitrogen and oxygen atoms in total. The third-order valence-electron chi connectivity index (χ3n) is 1.70. The van der Waals surface area contributed by atoms with Crippen LogP contribution in [0.4, 0.5) is 0 Å². The fraction of sp³-hybridized carbons (Fsp3) is 0.300. The fourth-order valence-electron chi connectivity index (χ4n) is 0.910.